The number of ether oxygens (including phenoxy) is 2. The van der Waals surface area contributed by atoms with Crippen molar-refractivity contribution in [2.45, 2.75) is 31.7 Å². The van der Waals surface area contributed by atoms with E-state index in [9.17, 15) is 5.11 Å². The number of hydrogen-bond donors (Lipinski definition) is 1. The summed E-state index contributed by atoms with van der Waals surface area (Å²) in [5.74, 6) is 0.393. The zero-order valence-electron chi connectivity index (χ0n) is 6.91. The van der Waals surface area contributed by atoms with Crippen molar-refractivity contribution in [1.29, 1.82) is 0 Å². The van der Waals surface area contributed by atoms with E-state index in [-0.39, 0.29) is 11.7 Å². The highest BCUT2D eigenvalue weighted by Gasteiger charge is 2.54. The molecule has 0 aromatic rings. The zero-order valence-corrected chi connectivity index (χ0v) is 6.91. The van der Waals surface area contributed by atoms with Crippen LogP contribution in [0.15, 0.2) is 0 Å². The highest BCUT2D eigenvalue weighted by Crippen LogP contribution is 2.40. The molecular formula is C8H14O3. The lowest BCUT2D eigenvalue weighted by Crippen LogP contribution is -2.39. The molecule has 0 spiro atoms. The maximum Gasteiger partial charge on any atom is 0.115 e. The number of aliphatic hydroxyl groups is 1. The van der Waals surface area contributed by atoms with E-state index in [1.165, 1.54) is 0 Å². The predicted octanol–water partition coefficient (Wildman–Crippen LogP) is 0.171. The second kappa shape index (κ2) is 2.19. The van der Waals surface area contributed by atoms with Crippen LogP contribution in [0.4, 0.5) is 0 Å². The number of aliphatic hydroxyl groups excluding tert-OH is 1. The molecule has 0 bridgehead atoms. The van der Waals surface area contributed by atoms with E-state index in [0.29, 0.717) is 19.1 Å². The lowest BCUT2D eigenvalue weighted by molar-refractivity contribution is -0.0265. The molecule has 0 aromatic heterocycles. The van der Waals surface area contributed by atoms with Crippen LogP contribution in [0.25, 0.3) is 0 Å². The Morgan fingerprint density at radius 3 is 2.82 bits per heavy atom. The van der Waals surface area contributed by atoms with Crippen LogP contribution >= 0.6 is 0 Å². The van der Waals surface area contributed by atoms with Gasteiger partial charge in [0.2, 0.25) is 0 Å². The first-order chi connectivity index (χ1) is 5.14. The molecule has 0 saturated carbocycles. The molecule has 3 heteroatoms. The molecule has 0 aromatic carbocycles. The monoisotopic (exact) mass is 158 g/mol. The fraction of sp³-hybridized carbons (Fsp3) is 1.00. The fourth-order valence-corrected chi connectivity index (χ4v) is 1.93. The van der Waals surface area contributed by atoms with E-state index in [4.69, 9.17) is 9.47 Å². The van der Waals surface area contributed by atoms with Gasteiger partial charge >= 0.3 is 0 Å². The third-order valence-corrected chi connectivity index (χ3v) is 2.98. The average molecular weight is 158 g/mol. The topological polar surface area (TPSA) is 38.7 Å². The molecule has 0 amide bonds. The van der Waals surface area contributed by atoms with Gasteiger partial charge < -0.3 is 14.6 Å². The van der Waals surface area contributed by atoms with Gasteiger partial charge in [0.05, 0.1) is 18.8 Å². The molecule has 1 N–H and O–H groups in total. The molecule has 0 aliphatic carbocycles. The Hall–Kier alpha value is -0.120. The van der Waals surface area contributed by atoms with Crippen molar-refractivity contribution in [1.82, 2.24) is 0 Å². The van der Waals surface area contributed by atoms with Gasteiger partial charge in [0, 0.05) is 5.92 Å². The van der Waals surface area contributed by atoms with Crippen LogP contribution in [0, 0.1) is 5.92 Å². The SMILES string of the molecule is CC1CO[C@@H]2[C@@H](O)CO[C@]12C. The van der Waals surface area contributed by atoms with E-state index in [0.717, 1.165) is 0 Å². The second-order valence-electron chi connectivity index (χ2n) is 3.72. The molecule has 0 radical (unpaired) electrons. The first kappa shape index (κ1) is 7.53. The summed E-state index contributed by atoms with van der Waals surface area (Å²) in [6.45, 7) is 5.24. The van der Waals surface area contributed by atoms with Crippen LogP contribution in [0.3, 0.4) is 0 Å². The van der Waals surface area contributed by atoms with Gasteiger partial charge in [-0.15, -0.1) is 0 Å². The molecule has 3 nitrogen and oxygen atoms in total. The lowest BCUT2D eigenvalue weighted by atomic mass is 9.89. The minimum atomic E-state index is -0.426. The fourth-order valence-electron chi connectivity index (χ4n) is 1.93. The van der Waals surface area contributed by atoms with Crippen molar-refractivity contribution in [3.63, 3.8) is 0 Å². The number of fused-ring (bicyclic) bond motifs is 1. The van der Waals surface area contributed by atoms with Crippen LogP contribution in [-0.2, 0) is 9.47 Å². The van der Waals surface area contributed by atoms with E-state index in [1.54, 1.807) is 0 Å². The number of rotatable bonds is 0. The van der Waals surface area contributed by atoms with Gasteiger partial charge in [0.25, 0.3) is 0 Å². The second-order valence-corrected chi connectivity index (χ2v) is 3.72. The van der Waals surface area contributed by atoms with Gasteiger partial charge in [-0.05, 0) is 6.92 Å². The van der Waals surface area contributed by atoms with Crippen LogP contribution in [0.2, 0.25) is 0 Å². The molecule has 1 unspecified atom stereocenters. The van der Waals surface area contributed by atoms with Gasteiger partial charge in [-0.2, -0.15) is 0 Å². The van der Waals surface area contributed by atoms with E-state index < -0.39 is 6.10 Å². The predicted molar refractivity (Wildman–Crippen MR) is 39.3 cm³/mol. The summed E-state index contributed by atoms with van der Waals surface area (Å²) in [7, 11) is 0. The maximum absolute atomic E-state index is 9.43. The average Bonchev–Trinajstić information content (AvgIpc) is 2.39. The third-order valence-electron chi connectivity index (χ3n) is 2.98. The van der Waals surface area contributed by atoms with Crippen LogP contribution in [0.1, 0.15) is 13.8 Å². The Morgan fingerprint density at radius 2 is 2.18 bits per heavy atom. The molecule has 2 heterocycles. The van der Waals surface area contributed by atoms with E-state index in [2.05, 4.69) is 6.92 Å². The molecule has 2 saturated heterocycles. The van der Waals surface area contributed by atoms with Gasteiger partial charge in [-0.25, -0.2) is 0 Å². The summed E-state index contributed by atoms with van der Waals surface area (Å²) in [5.41, 5.74) is -0.237. The summed E-state index contributed by atoms with van der Waals surface area (Å²) in [6, 6.07) is 0. The molecule has 4 atom stereocenters. The lowest BCUT2D eigenvalue weighted by Gasteiger charge is -2.25. The van der Waals surface area contributed by atoms with Crippen molar-refractivity contribution in [3.8, 4) is 0 Å². The standard InChI is InChI=1S/C8H14O3/c1-5-3-10-7-6(9)4-11-8(5,7)2/h5-7,9H,3-4H2,1-2H3/t5?,6-,7+,8+/m0/s1. The molecule has 2 aliphatic rings. The Kier molecular flexibility index (Phi) is 1.50. The number of hydrogen-bond acceptors (Lipinski definition) is 3. The Balaban J connectivity index is 2.23. The van der Waals surface area contributed by atoms with Crippen molar-refractivity contribution >= 4 is 0 Å². The van der Waals surface area contributed by atoms with Gasteiger partial charge in [0.1, 0.15) is 12.2 Å². The van der Waals surface area contributed by atoms with Crippen LogP contribution < -0.4 is 0 Å². The van der Waals surface area contributed by atoms with E-state index in [1.807, 2.05) is 6.92 Å². The van der Waals surface area contributed by atoms with Crippen molar-refractivity contribution < 1.29 is 14.6 Å². The van der Waals surface area contributed by atoms with Gasteiger partial charge in [-0.1, -0.05) is 6.92 Å². The molecule has 2 fully saturated rings. The largest absolute Gasteiger partial charge is 0.388 e. The highest BCUT2D eigenvalue weighted by molar-refractivity contribution is 5.02. The Morgan fingerprint density at radius 1 is 1.45 bits per heavy atom. The maximum atomic E-state index is 9.43. The normalized spacial score (nSPS) is 56.5. The summed E-state index contributed by atoms with van der Waals surface area (Å²) >= 11 is 0. The molecule has 11 heavy (non-hydrogen) atoms. The van der Waals surface area contributed by atoms with Crippen molar-refractivity contribution in [3.05, 3.63) is 0 Å². The summed E-state index contributed by atoms with van der Waals surface area (Å²) in [6.07, 6.45) is -0.526. The third kappa shape index (κ3) is 0.849. The molecular weight excluding hydrogens is 144 g/mol. The Bertz CT molecular complexity index is 171. The molecule has 2 aliphatic heterocycles. The van der Waals surface area contributed by atoms with Gasteiger partial charge in [-0.3, -0.25) is 0 Å². The quantitative estimate of drug-likeness (QED) is 0.546. The first-order valence-electron chi connectivity index (χ1n) is 4.08. The minimum absolute atomic E-state index is 0.0995. The smallest absolute Gasteiger partial charge is 0.115 e. The first-order valence-corrected chi connectivity index (χ1v) is 4.08. The Labute approximate surface area is 66.3 Å². The molecule has 2 rings (SSSR count). The summed E-state index contributed by atoms with van der Waals surface area (Å²) in [4.78, 5) is 0. The summed E-state index contributed by atoms with van der Waals surface area (Å²) in [5, 5.41) is 9.43. The van der Waals surface area contributed by atoms with Crippen LogP contribution in [0.5, 0.6) is 0 Å². The van der Waals surface area contributed by atoms with Crippen molar-refractivity contribution in [2.75, 3.05) is 13.2 Å². The van der Waals surface area contributed by atoms with E-state index >= 15 is 0 Å². The zero-order chi connectivity index (χ0) is 8.06. The van der Waals surface area contributed by atoms with Crippen molar-refractivity contribution in [2.24, 2.45) is 5.92 Å². The van der Waals surface area contributed by atoms with Crippen LogP contribution in [-0.4, -0.2) is 36.1 Å². The molecule has 64 valence electrons. The highest BCUT2D eigenvalue weighted by atomic mass is 16.6. The summed E-state index contributed by atoms with van der Waals surface area (Å²) < 4.78 is 10.9. The van der Waals surface area contributed by atoms with Gasteiger partial charge in [0.15, 0.2) is 0 Å². The minimum Gasteiger partial charge on any atom is -0.388 e.